The molecule has 0 spiro atoms. The zero-order valence-corrected chi connectivity index (χ0v) is 12.1. The van der Waals surface area contributed by atoms with E-state index in [1.807, 2.05) is 0 Å². The van der Waals surface area contributed by atoms with Crippen LogP contribution in [0.1, 0.15) is 51.1 Å². The minimum Gasteiger partial charge on any atom is -0.496 e. The fourth-order valence-corrected chi connectivity index (χ4v) is 3.20. The lowest BCUT2D eigenvalue weighted by Crippen LogP contribution is -2.34. The van der Waals surface area contributed by atoms with E-state index in [9.17, 15) is 4.39 Å². The van der Waals surface area contributed by atoms with Crippen LogP contribution in [0.3, 0.4) is 0 Å². The highest BCUT2D eigenvalue weighted by atomic mass is 19.1. The summed E-state index contributed by atoms with van der Waals surface area (Å²) in [7, 11) is 1.63. The number of halogens is 1. The van der Waals surface area contributed by atoms with E-state index in [-0.39, 0.29) is 11.9 Å². The lowest BCUT2D eigenvalue weighted by atomic mass is 9.98. The number of ether oxygens (including phenoxy) is 1. The van der Waals surface area contributed by atoms with Gasteiger partial charge in [0.05, 0.1) is 7.11 Å². The third kappa shape index (κ3) is 3.27. The molecule has 19 heavy (non-hydrogen) atoms. The molecule has 3 heteroatoms. The van der Waals surface area contributed by atoms with Crippen LogP contribution in [0.4, 0.5) is 4.39 Å². The maximum absolute atomic E-state index is 13.4. The summed E-state index contributed by atoms with van der Waals surface area (Å²) in [4.78, 5) is 0. The summed E-state index contributed by atoms with van der Waals surface area (Å²) in [5, 5.41) is 3.65. The fraction of sp³-hybridized carbons (Fsp3) is 0.625. The first-order valence-electron chi connectivity index (χ1n) is 7.25. The molecule has 2 rings (SSSR count). The Morgan fingerprint density at radius 1 is 1.42 bits per heavy atom. The van der Waals surface area contributed by atoms with Gasteiger partial charge in [0.2, 0.25) is 0 Å². The molecule has 0 amide bonds. The standard InChI is InChI=1S/C16H24FNO/c1-4-12-6-5-7-15(12)18-11(2)14-10-13(17)8-9-16(14)19-3/h8-12,15,18H,4-7H2,1-3H3. The topological polar surface area (TPSA) is 21.3 Å². The summed E-state index contributed by atoms with van der Waals surface area (Å²) in [5.74, 6) is 1.30. The van der Waals surface area contributed by atoms with Gasteiger partial charge in [-0.05, 0) is 43.9 Å². The summed E-state index contributed by atoms with van der Waals surface area (Å²) in [6, 6.07) is 5.39. The molecule has 1 saturated carbocycles. The van der Waals surface area contributed by atoms with Crippen molar-refractivity contribution in [3.05, 3.63) is 29.6 Å². The van der Waals surface area contributed by atoms with E-state index >= 15 is 0 Å². The molecule has 3 atom stereocenters. The molecular formula is C16H24FNO. The minimum absolute atomic E-state index is 0.114. The smallest absolute Gasteiger partial charge is 0.123 e. The monoisotopic (exact) mass is 265 g/mol. The first kappa shape index (κ1) is 14.3. The van der Waals surface area contributed by atoms with Gasteiger partial charge < -0.3 is 10.1 Å². The van der Waals surface area contributed by atoms with Crippen LogP contribution in [0, 0.1) is 11.7 Å². The summed E-state index contributed by atoms with van der Waals surface area (Å²) in [5.41, 5.74) is 0.907. The van der Waals surface area contributed by atoms with Gasteiger partial charge in [-0.2, -0.15) is 0 Å². The van der Waals surface area contributed by atoms with E-state index in [4.69, 9.17) is 4.74 Å². The second-order valence-electron chi connectivity index (χ2n) is 5.48. The normalized spacial score (nSPS) is 24.4. The molecule has 0 aliphatic heterocycles. The number of hydrogen-bond acceptors (Lipinski definition) is 2. The molecule has 1 aromatic rings. The number of rotatable bonds is 5. The van der Waals surface area contributed by atoms with Gasteiger partial charge in [0.25, 0.3) is 0 Å². The third-order valence-corrected chi connectivity index (χ3v) is 4.31. The predicted molar refractivity (Wildman–Crippen MR) is 75.9 cm³/mol. The van der Waals surface area contributed by atoms with Crippen molar-refractivity contribution in [3.63, 3.8) is 0 Å². The minimum atomic E-state index is -0.206. The molecular weight excluding hydrogens is 241 g/mol. The Bertz CT molecular complexity index is 421. The Morgan fingerprint density at radius 2 is 2.21 bits per heavy atom. The summed E-state index contributed by atoms with van der Waals surface area (Å²) in [6.45, 7) is 4.33. The van der Waals surface area contributed by atoms with Crippen LogP contribution in [-0.2, 0) is 0 Å². The molecule has 1 aliphatic rings. The largest absolute Gasteiger partial charge is 0.496 e. The van der Waals surface area contributed by atoms with Gasteiger partial charge in [-0.1, -0.05) is 19.8 Å². The van der Waals surface area contributed by atoms with E-state index < -0.39 is 0 Å². The zero-order valence-electron chi connectivity index (χ0n) is 12.1. The Morgan fingerprint density at radius 3 is 2.89 bits per heavy atom. The van der Waals surface area contributed by atoms with Crippen molar-refractivity contribution < 1.29 is 9.13 Å². The number of benzene rings is 1. The summed E-state index contributed by atoms with van der Waals surface area (Å²) in [6.07, 6.45) is 5.04. The van der Waals surface area contributed by atoms with Crippen molar-refractivity contribution in [1.82, 2.24) is 5.32 Å². The number of hydrogen-bond donors (Lipinski definition) is 1. The van der Waals surface area contributed by atoms with Gasteiger partial charge in [0, 0.05) is 17.6 Å². The van der Waals surface area contributed by atoms with E-state index in [1.54, 1.807) is 19.2 Å². The molecule has 1 aromatic carbocycles. The van der Waals surface area contributed by atoms with Crippen molar-refractivity contribution in [2.75, 3.05) is 7.11 Å². The molecule has 0 bridgehead atoms. The second kappa shape index (κ2) is 6.38. The fourth-order valence-electron chi connectivity index (χ4n) is 3.20. The highest BCUT2D eigenvalue weighted by molar-refractivity contribution is 5.36. The van der Waals surface area contributed by atoms with Gasteiger partial charge in [0.1, 0.15) is 11.6 Å². The van der Waals surface area contributed by atoms with Crippen molar-refractivity contribution in [3.8, 4) is 5.75 Å². The SMILES string of the molecule is CCC1CCCC1NC(C)c1cc(F)ccc1OC. The molecule has 1 N–H and O–H groups in total. The summed E-state index contributed by atoms with van der Waals surface area (Å²) >= 11 is 0. The molecule has 0 heterocycles. The van der Waals surface area contributed by atoms with Crippen molar-refractivity contribution >= 4 is 0 Å². The molecule has 2 nitrogen and oxygen atoms in total. The average molecular weight is 265 g/mol. The first-order chi connectivity index (χ1) is 9.15. The van der Waals surface area contributed by atoms with Crippen LogP contribution in [-0.4, -0.2) is 13.2 Å². The highest BCUT2D eigenvalue weighted by Crippen LogP contribution is 2.32. The quantitative estimate of drug-likeness (QED) is 0.866. The zero-order chi connectivity index (χ0) is 13.8. The number of methoxy groups -OCH3 is 1. The molecule has 0 saturated heterocycles. The van der Waals surface area contributed by atoms with Gasteiger partial charge in [0.15, 0.2) is 0 Å². The Hall–Kier alpha value is -1.09. The van der Waals surface area contributed by atoms with Crippen molar-refractivity contribution in [2.45, 2.75) is 51.6 Å². The van der Waals surface area contributed by atoms with E-state index in [0.29, 0.717) is 6.04 Å². The van der Waals surface area contributed by atoms with Gasteiger partial charge in [-0.15, -0.1) is 0 Å². The van der Waals surface area contributed by atoms with Crippen LogP contribution in [0.2, 0.25) is 0 Å². The highest BCUT2D eigenvalue weighted by Gasteiger charge is 2.27. The Balaban J connectivity index is 2.11. The van der Waals surface area contributed by atoms with Crippen LogP contribution >= 0.6 is 0 Å². The van der Waals surface area contributed by atoms with E-state index in [0.717, 1.165) is 17.2 Å². The summed E-state index contributed by atoms with van der Waals surface area (Å²) < 4.78 is 18.7. The van der Waals surface area contributed by atoms with Crippen LogP contribution in [0.5, 0.6) is 5.75 Å². The third-order valence-electron chi connectivity index (χ3n) is 4.31. The average Bonchev–Trinajstić information content (AvgIpc) is 2.85. The molecule has 106 valence electrons. The Kier molecular flexibility index (Phi) is 4.81. The van der Waals surface area contributed by atoms with Gasteiger partial charge in [-0.3, -0.25) is 0 Å². The van der Waals surface area contributed by atoms with Gasteiger partial charge >= 0.3 is 0 Å². The lowest BCUT2D eigenvalue weighted by molar-refractivity contribution is 0.349. The molecule has 1 aliphatic carbocycles. The van der Waals surface area contributed by atoms with Crippen molar-refractivity contribution in [2.24, 2.45) is 5.92 Å². The molecule has 1 fully saturated rings. The molecule has 0 aromatic heterocycles. The first-order valence-corrected chi connectivity index (χ1v) is 7.25. The second-order valence-corrected chi connectivity index (χ2v) is 5.48. The maximum atomic E-state index is 13.4. The predicted octanol–water partition coefficient (Wildman–Crippen LogP) is 4.06. The van der Waals surface area contributed by atoms with Crippen LogP contribution < -0.4 is 10.1 Å². The molecule has 0 radical (unpaired) electrons. The number of nitrogens with one attached hydrogen (secondary N) is 1. The maximum Gasteiger partial charge on any atom is 0.123 e. The van der Waals surface area contributed by atoms with Crippen LogP contribution in [0.25, 0.3) is 0 Å². The van der Waals surface area contributed by atoms with Crippen molar-refractivity contribution in [1.29, 1.82) is 0 Å². The van der Waals surface area contributed by atoms with Crippen LogP contribution in [0.15, 0.2) is 18.2 Å². The molecule has 3 unspecified atom stereocenters. The van der Waals surface area contributed by atoms with E-state index in [1.165, 1.54) is 31.7 Å². The van der Waals surface area contributed by atoms with Gasteiger partial charge in [-0.25, -0.2) is 4.39 Å². The lowest BCUT2D eigenvalue weighted by Gasteiger charge is -2.25. The van der Waals surface area contributed by atoms with E-state index in [2.05, 4.69) is 19.2 Å². The Labute approximate surface area is 115 Å².